The number of anilines is 1. The molecule has 98 valence electrons. The summed E-state index contributed by atoms with van der Waals surface area (Å²) in [6.07, 6.45) is 0.374. The van der Waals surface area contributed by atoms with Crippen molar-refractivity contribution in [2.24, 2.45) is 0 Å². The molecule has 0 spiro atoms. The Morgan fingerprint density at radius 2 is 2.17 bits per heavy atom. The summed E-state index contributed by atoms with van der Waals surface area (Å²) in [5.74, 6) is 5.54. The highest BCUT2D eigenvalue weighted by atomic mass is 35.5. The molecule has 0 bridgehead atoms. The second kappa shape index (κ2) is 6.64. The standard InChI is InChI=1S/C12H14ClNO3S/c1-2-18(16,17)14-12-9-10(5-3-4-8-15)6-7-11(12)13/h6-7,9,14-15H,2,4,8H2,1H3. The predicted octanol–water partition coefficient (Wildman–Crippen LogP) is 1.84. The van der Waals surface area contributed by atoms with Crippen molar-refractivity contribution in [1.82, 2.24) is 0 Å². The molecule has 1 aromatic rings. The molecule has 0 aliphatic rings. The van der Waals surface area contributed by atoms with Crippen molar-refractivity contribution in [1.29, 1.82) is 0 Å². The van der Waals surface area contributed by atoms with E-state index in [-0.39, 0.29) is 12.4 Å². The third-order valence-electron chi connectivity index (χ3n) is 2.08. The first-order chi connectivity index (χ1) is 8.48. The number of hydrogen-bond acceptors (Lipinski definition) is 3. The van der Waals surface area contributed by atoms with Gasteiger partial charge in [-0.2, -0.15) is 0 Å². The number of benzene rings is 1. The normalized spacial score (nSPS) is 10.6. The minimum absolute atomic E-state index is 0.00406. The first-order valence-electron chi connectivity index (χ1n) is 5.38. The smallest absolute Gasteiger partial charge is 0.232 e. The summed E-state index contributed by atoms with van der Waals surface area (Å²) in [6, 6.07) is 4.84. The second-order valence-electron chi connectivity index (χ2n) is 3.48. The summed E-state index contributed by atoms with van der Waals surface area (Å²) >= 11 is 5.91. The van der Waals surface area contributed by atoms with E-state index in [1.807, 2.05) is 0 Å². The van der Waals surface area contributed by atoms with Crippen molar-refractivity contribution in [2.45, 2.75) is 13.3 Å². The van der Waals surface area contributed by atoms with Gasteiger partial charge in [0.05, 0.1) is 23.1 Å². The molecule has 0 fully saturated rings. The highest BCUT2D eigenvalue weighted by Crippen LogP contribution is 2.23. The lowest BCUT2D eigenvalue weighted by Gasteiger charge is -2.08. The zero-order chi connectivity index (χ0) is 13.6. The van der Waals surface area contributed by atoms with Crippen molar-refractivity contribution >= 4 is 27.3 Å². The van der Waals surface area contributed by atoms with E-state index in [1.165, 1.54) is 0 Å². The molecule has 6 heteroatoms. The van der Waals surface area contributed by atoms with Crippen LogP contribution in [0.5, 0.6) is 0 Å². The Morgan fingerprint density at radius 3 is 2.78 bits per heavy atom. The molecule has 0 saturated carbocycles. The Balaban J connectivity index is 2.99. The van der Waals surface area contributed by atoms with Gasteiger partial charge in [-0.1, -0.05) is 23.4 Å². The highest BCUT2D eigenvalue weighted by molar-refractivity contribution is 7.92. The third kappa shape index (κ3) is 4.57. The van der Waals surface area contributed by atoms with E-state index in [2.05, 4.69) is 16.6 Å². The van der Waals surface area contributed by atoms with Crippen LogP contribution in [0.15, 0.2) is 18.2 Å². The molecule has 1 aromatic carbocycles. The van der Waals surface area contributed by atoms with Crippen LogP contribution in [0.1, 0.15) is 18.9 Å². The lowest BCUT2D eigenvalue weighted by atomic mass is 10.2. The number of aliphatic hydroxyl groups excluding tert-OH is 1. The average molecular weight is 288 g/mol. The summed E-state index contributed by atoms with van der Waals surface area (Å²) in [7, 11) is -3.36. The lowest BCUT2D eigenvalue weighted by Crippen LogP contribution is -2.14. The van der Waals surface area contributed by atoms with Crippen molar-refractivity contribution < 1.29 is 13.5 Å². The van der Waals surface area contributed by atoms with Crippen LogP contribution in [0.4, 0.5) is 5.69 Å². The number of nitrogens with one attached hydrogen (secondary N) is 1. The van der Waals surface area contributed by atoms with Gasteiger partial charge in [0.25, 0.3) is 0 Å². The van der Waals surface area contributed by atoms with Crippen LogP contribution < -0.4 is 4.72 Å². The fraction of sp³-hybridized carbons (Fsp3) is 0.333. The summed E-state index contributed by atoms with van der Waals surface area (Å²) < 4.78 is 25.3. The minimum atomic E-state index is -3.36. The molecule has 4 nitrogen and oxygen atoms in total. The zero-order valence-electron chi connectivity index (χ0n) is 9.90. The molecule has 0 aliphatic carbocycles. The third-order valence-corrected chi connectivity index (χ3v) is 3.70. The van der Waals surface area contributed by atoms with Gasteiger partial charge in [-0.3, -0.25) is 4.72 Å². The first-order valence-corrected chi connectivity index (χ1v) is 7.41. The van der Waals surface area contributed by atoms with E-state index >= 15 is 0 Å². The van der Waals surface area contributed by atoms with Gasteiger partial charge in [-0.05, 0) is 25.1 Å². The van der Waals surface area contributed by atoms with E-state index in [1.54, 1.807) is 25.1 Å². The molecule has 18 heavy (non-hydrogen) atoms. The van der Waals surface area contributed by atoms with Gasteiger partial charge in [0.15, 0.2) is 0 Å². The van der Waals surface area contributed by atoms with E-state index in [9.17, 15) is 8.42 Å². The van der Waals surface area contributed by atoms with Crippen LogP contribution in [0.3, 0.4) is 0 Å². The van der Waals surface area contributed by atoms with Crippen LogP contribution in [0, 0.1) is 11.8 Å². The average Bonchev–Trinajstić information content (AvgIpc) is 2.33. The van der Waals surface area contributed by atoms with Crippen LogP contribution >= 0.6 is 11.6 Å². The molecule has 0 radical (unpaired) electrons. The molecule has 0 heterocycles. The van der Waals surface area contributed by atoms with Gasteiger partial charge < -0.3 is 5.11 Å². The maximum Gasteiger partial charge on any atom is 0.232 e. The summed E-state index contributed by atoms with van der Waals surface area (Å²) in [5.41, 5.74) is 0.955. The molecule has 0 aromatic heterocycles. The maximum absolute atomic E-state index is 11.5. The van der Waals surface area contributed by atoms with Gasteiger partial charge in [0.1, 0.15) is 0 Å². The van der Waals surface area contributed by atoms with E-state index in [0.29, 0.717) is 22.7 Å². The predicted molar refractivity (Wildman–Crippen MR) is 73.1 cm³/mol. The first kappa shape index (κ1) is 14.8. The molecule has 1 rings (SSSR count). The van der Waals surface area contributed by atoms with Crippen LogP contribution in [0.2, 0.25) is 5.02 Å². The molecule has 2 N–H and O–H groups in total. The zero-order valence-corrected chi connectivity index (χ0v) is 11.5. The molecular formula is C12H14ClNO3S. The fourth-order valence-electron chi connectivity index (χ4n) is 1.14. The van der Waals surface area contributed by atoms with Crippen molar-refractivity contribution in [3.8, 4) is 11.8 Å². The van der Waals surface area contributed by atoms with Gasteiger partial charge >= 0.3 is 0 Å². The highest BCUT2D eigenvalue weighted by Gasteiger charge is 2.09. The van der Waals surface area contributed by atoms with Gasteiger partial charge in [0.2, 0.25) is 10.0 Å². The van der Waals surface area contributed by atoms with E-state index in [0.717, 1.165) is 0 Å². The topological polar surface area (TPSA) is 66.4 Å². The van der Waals surface area contributed by atoms with Crippen molar-refractivity contribution in [3.63, 3.8) is 0 Å². The van der Waals surface area contributed by atoms with Gasteiger partial charge in [-0.25, -0.2) is 8.42 Å². The van der Waals surface area contributed by atoms with Crippen LogP contribution in [0.25, 0.3) is 0 Å². The summed E-state index contributed by atoms with van der Waals surface area (Å²) in [5, 5.41) is 8.93. The van der Waals surface area contributed by atoms with Gasteiger partial charge in [0, 0.05) is 12.0 Å². The monoisotopic (exact) mass is 287 g/mol. The molecule has 0 saturated heterocycles. The lowest BCUT2D eigenvalue weighted by molar-refractivity contribution is 0.305. The van der Waals surface area contributed by atoms with Crippen molar-refractivity contribution in [2.75, 3.05) is 17.1 Å². The molecule has 0 amide bonds. The minimum Gasteiger partial charge on any atom is -0.395 e. The quantitative estimate of drug-likeness (QED) is 0.831. The van der Waals surface area contributed by atoms with Gasteiger partial charge in [-0.15, -0.1) is 0 Å². The van der Waals surface area contributed by atoms with Crippen LogP contribution in [-0.4, -0.2) is 25.9 Å². The Kier molecular flexibility index (Phi) is 5.48. The molecule has 0 atom stereocenters. The number of rotatable bonds is 4. The summed E-state index contributed by atoms with van der Waals surface area (Å²) in [4.78, 5) is 0. The molecule has 0 unspecified atom stereocenters. The Labute approximate surface area is 112 Å². The summed E-state index contributed by atoms with van der Waals surface area (Å²) in [6.45, 7) is 1.54. The SMILES string of the molecule is CCS(=O)(=O)Nc1cc(C#CCCO)ccc1Cl. The molecule has 0 aliphatic heterocycles. The second-order valence-corrected chi connectivity index (χ2v) is 5.89. The van der Waals surface area contributed by atoms with Crippen LogP contribution in [-0.2, 0) is 10.0 Å². The number of aliphatic hydroxyl groups is 1. The molecular weight excluding hydrogens is 274 g/mol. The number of sulfonamides is 1. The Morgan fingerprint density at radius 1 is 1.44 bits per heavy atom. The maximum atomic E-state index is 11.5. The Bertz CT molecular complexity index is 573. The fourth-order valence-corrected chi connectivity index (χ4v) is 2.01. The van der Waals surface area contributed by atoms with E-state index in [4.69, 9.17) is 16.7 Å². The van der Waals surface area contributed by atoms with Crippen molar-refractivity contribution in [3.05, 3.63) is 28.8 Å². The number of hydrogen-bond donors (Lipinski definition) is 2. The van der Waals surface area contributed by atoms with E-state index < -0.39 is 10.0 Å². The largest absolute Gasteiger partial charge is 0.395 e. The Hall–Kier alpha value is -1.22. The number of halogens is 1.